The van der Waals surface area contributed by atoms with Crippen LogP contribution in [0.15, 0.2) is 52.6 Å². The summed E-state index contributed by atoms with van der Waals surface area (Å²) in [5.74, 6) is 2.98. The number of aliphatic imine (C=N–C) groups is 1. The number of thioether (sulfide) groups is 1. The monoisotopic (exact) mass is 513 g/mol. The van der Waals surface area contributed by atoms with Gasteiger partial charge in [0, 0.05) is 49.6 Å². The number of nitrogens with zero attached hydrogens (tertiary/aromatic N) is 4. The summed E-state index contributed by atoms with van der Waals surface area (Å²) in [7, 11) is 0. The molecule has 1 aliphatic rings. The molecule has 5 nitrogen and oxygen atoms in total. The molecule has 7 heteroatoms. The Morgan fingerprint density at radius 1 is 1.32 bits per heavy atom. The van der Waals surface area contributed by atoms with Gasteiger partial charge in [-0.05, 0) is 50.3 Å². The largest absolute Gasteiger partial charge is 0.357 e. The number of nitrogens with one attached hydrogen (secondary N) is 1. The lowest BCUT2D eigenvalue weighted by molar-refractivity contribution is 0.473. The van der Waals surface area contributed by atoms with Crippen LogP contribution in [-0.2, 0) is 6.54 Å². The van der Waals surface area contributed by atoms with E-state index in [-0.39, 0.29) is 24.0 Å². The van der Waals surface area contributed by atoms with Crippen LogP contribution in [0.3, 0.4) is 0 Å². The first-order chi connectivity index (χ1) is 13.2. The molecule has 1 unspecified atom stereocenters. The maximum Gasteiger partial charge on any atom is 0.193 e. The minimum absolute atomic E-state index is 0. The highest BCUT2D eigenvalue weighted by atomic mass is 127. The van der Waals surface area contributed by atoms with Crippen molar-refractivity contribution in [1.82, 2.24) is 20.0 Å². The smallest absolute Gasteiger partial charge is 0.193 e. The van der Waals surface area contributed by atoms with Crippen LogP contribution in [0, 0.1) is 12.8 Å². The number of benzene rings is 1. The van der Waals surface area contributed by atoms with Gasteiger partial charge in [0.25, 0.3) is 0 Å². The highest BCUT2D eigenvalue weighted by molar-refractivity contribution is 14.0. The van der Waals surface area contributed by atoms with E-state index in [0.717, 1.165) is 51.0 Å². The second-order valence-corrected chi connectivity index (χ2v) is 8.19. The number of likely N-dealkylation sites (tertiary alicyclic amines) is 1. The first-order valence-corrected chi connectivity index (χ1v) is 10.9. The molecule has 1 aromatic carbocycles. The van der Waals surface area contributed by atoms with Crippen molar-refractivity contribution in [3.05, 3.63) is 48.3 Å². The van der Waals surface area contributed by atoms with E-state index in [9.17, 15) is 0 Å². The zero-order chi connectivity index (χ0) is 18.9. The zero-order valence-electron chi connectivity index (χ0n) is 16.9. The molecular formula is C21H32IN5S. The molecule has 0 aliphatic carbocycles. The van der Waals surface area contributed by atoms with Gasteiger partial charge in [-0.1, -0.05) is 18.2 Å². The van der Waals surface area contributed by atoms with Crippen LogP contribution in [0.4, 0.5) is 0 Å². The van der Waals surface area contributed by atoms with E-state index in [4.69, 9.17) is 4.99 Å². The van der Waals surface area contributed by atoms with Gasteiger partial charge in [0.05, 0.1) is 6.20 Å². The summed E-state index contributed by atoms with van der Waals surface area (Å²) in [6.45, 7) is 9.09. The van der Waals surface area contributed by atoms with Crippen LogP contribution in [0.2, 0.25) is 0 Å². The Kier molecular flexibility index (Phi) is 10.2. The maximum atomic E-state index is 4.85. The van der Waals surface area contributed by atoms with Crippen molar-refractivity contribution in [3.8, 4) is 0 Å². The molecule has 3 rings (SSSR count). The van der Waals surface area contributed by atoms with E-state index in [1.54, 1.807) is 0 Å². The Balaban J connectivity index is 0.00000280. The Morgan fingerprint density at radius 3 is 2.86 bits per heavy atom. The van der Waals surface area contributed by atoms with Gasteiger partial charge in [0.1, 0.15) is 0 Å². The molecule has 1 atom stereocenters. The summed E-state index contributed by atoms with van der Waals surface area (Å²) in [4.78, 5) is 8.65. The van der Waals surface area contributed by atoms with Crippen LogP contribution in [0.5, 0.6) is 0 Å². The summed E-state index contributed by atoms with van der Waals surface area (Å²) >= 11 is 1.97. The van der Waals surface area contributed by atoms with E-state index >= 15 is 0 Å². The number of halogens is 1. The quantitative estimate of drug-likeness (QED) is 0.188. The number of aromatic nitrogens is 2. The first-order valence-electron chi connectivity index (χ1n) is 9.94. The summed E-state index contributed by atoms with van der Waals surface area (Å²) in [5.41, 5.74) is 1.21. The van der Waals surface area contributed by atoms with Crippen molar-refractivity contribution in [2.75, 3.05) is 31.9 Å². The summed E-state index contributed by atoms with van der Waals surface area (Å²) < 4.78 is 2.00. The van der Waals surface area contributed by atoms with E-state index in [1.165, 1.54) is 22.6 Å². The second-order valence-electron chi connectivity index (χ2n) is 7.09. The molecule has 2 aromatic rings. The van der Waals surface area contributed by atoms with Gasteiger partial charge in [-0.2, -0.15) is 5.10 Å². The fourth-order valence-corrected chi connectivity index (χ4v) is 4.37. The predicted molar refractivity (Wildman–Crippen MR) is 130 cm³/mol. The zero-order valence-corrected chi connectivity index (χ0v) is 20.0. The average Bonchev–Trinajstić information content (AvgIpc) is 3.32. The molecule has 0 bridgehead atoms. The molecular weight excluding hydrogens is 481 g/mol. The molecule has 0 radical (unpaired) electrons. The van der Waals surface area contributed by atoms with Gasteiger partial charge in [0.15, 0.2) is 5.96 Å². The lowest BCUT2D eigenvalue weighted by Gasteiger charge is -2.21. The van der Waals surface area contributed by atoms with Crippen LogP contribution in [0.1, 0.15) is 25.3 Å². The van der Waals surface area contributed by atoms with Gasteiger partial charge in [-0.25, -0.2) is 0 Å². The number of hydrogen-bond donors (Lipinski definition) is 1. The lowest BCUT2D eigenvalue weighted by Crippen LogP contribution is -2.40. The molecule has 1 saturated heterocycles. The molecule has 0 amide bonds. The van der Waals surface area contributed by atoms with Crippen molar-refractivity contribution in [2.24, 2.45) is 10.9 Å². The maximum absolute atomic E-state index is 4.85. The molecule has 154 valence electrons. The van der Waals surface area contributed by atoms with Crippen molar-refractivity contribution >= 4 is 41.7 Å². The highest BCUT2D eigenvalue weighted by Gasteiger charge is 2.24. The van der Waals surface area contributed by atoms with Crippen LogP contribution >= 0.6 is 35.7 Å². The van der Waals surface area contributed by atoms with Crippen LogP contribution in [-0.4, -0.2) is 52.6 Å². The number of guanidine groups is 1. The van der Waals surface area contributed by atoms with E-state index < -0.39 is 0 Å². The third-order valence-corrected chi connectivity index (χ3v) is 5.96. The highest BCUT2D eigenvalue weighted by Crippen LogP contribution is 2.25. The Morgan fingerprint density at radius 2 is 2.14 bits per heavy atom. The third-order valence-electron chi connectivity index (χ3n) is 4.72. The topological polar surface area (TPSA) is 45.5 Å². The Bertz CT molecular complexity index is 719. The normalized spacial score (nSPS) is 16.9. The number of aryl methyl sites for hydroxylation is 2. The van der Waals surface area contributed by atoms with Gasteiger partial charge in [-0.15, -0.1) is 35.7 Å². The van der Waals surface area contributed by atoms with Crippen molar-refractivity contribution in [1.29, 1.82) is 0 Å². The van der Waals surface area contributed by atoms with E-state index in [2.05, 4.69) is 65.7 Å². The molecule has 28 heavy (non-hydrogen) atoms. The van der Waals surface area contributed by atoms with Crippen molar-refractivity contribution in [3.63, 3.8) is 0 Å². The van der Waals surface area contributed by atoms with Gasteiger partial charge >= 0.3 is 0 Å². The lowest BCUT2D eigenvalue weighted by atomic mass is 10.2. The Labute approximate surface area is 190 Å². The average molecular weight is 513 g/mol. The number of hydrogen-bond acceptors (Lipinski definition) is 3. The summed E-state index contributed by atoms with van der Waals surface area (Å²) in [6.07, 6.45) is 6.25. The van der Waals surface area contributed by atoms with E-state index in [1.807, 2.05) is 22.6 Å². The summed E-state index contributed by atoms with van der Waals surface area (Å²) in [6, 6.07) is 10.7. The summed E-state index contributed by atoms with van der Waals surface area (Å²) in [5, 5.41) is 7.81. The molecule has 1 fully saturated rings. The SMILES string of the molecule is CCNC(=NCCCn1cc(C)cn1)N1CCC(CSc2ccccc2)C1.I. The molecule has 2 heterocycles. The number of rotatable bonds is 8. The van der Waals surface area contributed by atoms with Gasteiger partial charge in [0.2, 0.25) is 0 Å². The molecule has 0 saturated carbocycles. The van der Waals surface area contributed by atoms with Crippen LogP contribution < -0.4 is 5.32 Å². The molecule has 1 aromatic heterocycles. The first kappa shape index (κ1) is 23.1. The Hall–Kier alpha value is -1.22. The van der Waals surface area contributed by atoms with Crippen LogP contribution in [0.25, 0.3) is 0 Å². The predicted octanol–water partition coefficient (Wildman–Crippen LogP) is 4.28. The fourth-order valence-electron chi connectivity index (χ4n) is 3.32. The molecule has 0 spiro atoms. The molecule has 1 N–H and O–H groups in total. The van der Waals surface area contributed by atoms with Crippen molar-refractivity contribution < 1.29 is 0 Å². The third kappa shape index (κ3) is 7.31. The molecule has 1 aliphatic heterocycles. The minimum Gasteiger partial charge on any atom is -0.357 e. The van der Waals surface area contributed by atoms with Gasteiger partial charge in [-0.3, -0.25) is 9.67 Å². The second kappa shape index (κ2) is 12.4. The standard InChI is InChI=1S/C21H31N5S.HI/c1-3-22-21(23-11-7-12-26-15-18(2)14-24-26)25-13-10-19(16-25)17-27-20-8-5-4-6-9-20;/h4-6,8-9,14-15,19H,3,7,10-13,16-17H2,1-2H3,(H,22,23);1H. The fraction of sp³-hybridized carbons (Fsp3) is 0.524. The van der Waals surface area contributed by atoms with Crippen molar-refractivity contribution in [2.45, 2.75) is 38.1 Å². The van der Waals surface area contributed by atoms with E-state index in [0.29, 0.717) is 0 Å². The minimum atomic E-state index is 0. The van der Waals surface area contributed by atoms with Gasteiger partial charge < -0.3 is 10.2 Å².